The zero-order valence-corrected chi connectivity index (χ0v) is 17.0. The minimum Gasteiger partial charge on any atom is -0.382 e. The number of benzene rings is 2. The standard InChI is InChI=1S/C25H18N4S/c26-24-23-22(27-14-28-24)20-19(16-9-5-2-6-10-16)18-12-11-17(21(18)29-25(20)30-23)13-15-7-3-1-4-8-15/h1-10,13-14H,11-12H2,(H2,26,27,28)/b17-13-. The lowest BCUT2D eigenvalue weighted by atomic mass is 9.96. The molecule has 0 saturated heterocycles. The summed E-state index contributed by atoms with van der Waals surface area (Å²) in [5.41, 5.74) is 14.4. The minimum atomic E-state index is 0.516. The van der Waals surface area contributed by atoms with Crippen LogP contribution in [-0.4, -0.2) is 15.0 Å². The van der Waals surface area contributed by atoms with E-state index in [1.54, 1.807) is 17.7 Å². The predicted octanol–water partition coefficient (Wildman–Crippen LogP) is 5.98. The largest absolute Gasteiger partial charge is 0.382 e. The maximum atomic E-state index is 6.18. The molecule has 2 aromatic carbocycles. The van der Waals surface area contributed by atoms with Gasteiger partial charge < -0.3 is 5.73 Å². The fourth-order valence-corrected chi connectivity index (χ4v) is 5.40. The van der Waals surface area contributed by atoms with Crippen molar-refractivity contribution >= 4 is 49.2 Å². The molecule has 0 amide bonds. The number of nitrogen functional groups attached to an aromatic ring is 1. The topological polar surface area (TPSA) is 64.7 Å². The summed E-state index contributed by atoms with van der Waals surface area (Å²) in [6.45, 7) is 0. The minimum absolute atomic E-state index is 0.516. The first-order chi connectivity index (χ1) is 14.8. The second-order valence-corrected chi connectivity index (χ2v) is 8.48. The average Bonchev–Trinajstić information content (AvgIpc) is 3.36. The SMILES string of the molecule is Nc1ncnc2c1sc1nc3c(c(-c4ccccc4)c12)CC/C3=C/c1ccccc1. The lowest BCUT2D eigenvalue weighted by Gasteiger charge is -2.11. The van der Waals surface area contributed by atoms with Gasteiger partial charge in [-0.3, -0.25) is 0 Å². The first-order valence-electron chi connectivity index (χ1n) is 9.96. The molecule has 0 bridgehead atoms. The van der Waals surface area contributed by atoms with E-state index in [1.165, 1.54) is 27.8 Å². The van der Waals surface area contributed by atoms with Gasteiger partial charge in [-0.15, -0.1) is 11.3 Å². The molecule has 5 aromatic rings. The molecule has 0 saturated carbocycles. The average molecular weight is 407 g/mol. The van der Waals surface area contributed by atoms with E-state index >= 15 is 0 Å². The molecular weight excluding hydrogens is 388 g/mol. The van der Waals surface area contributed by atoms with Crippen LogP contribution < -0.4 is 5.73 Å². The van der Waals surface area contributed by atoms with E-state index in [0.29, 0.717) is 5.82 Å². The van der Waals surface area contributed by atoms with Crippen molar-refractivity contribution in [1.29, 1.82) is 0 Å². The number of aromatic nitrogens is 3. The third kappa shape index (κ3) is 2.63. The maximum absolute atomic E-state index is 6.18. The molecule has 144 valence electrons. The summed E-state index contributed by atoms with van der Waals surface area (Å²) >= 11 is 1.58. The van der Waals surface area contributed by atoms with E-state index in [0.717, 1.165) is 39.0 Å². The Morgan fingerprint density at radius 2 is 1.67 bits per heavy atom. The molecule has 30 heavy (non-hydrogen) atoms. The van der Waals surface area contributed by atoms with Crippen LogP contribution in [-0.2, 0) is 6.42 Å². The molecule has 0 fully saturated rings. The summed E-state index contributed by atoms with van der Waals surface area (Å²) in [4.78, 5) is 14.9. The number of nitrogens with two attached hydrogens (primary N) is 1. The number of fused-ring (bicyclic) bond motifs is 4. The van der Waals surface area contributed by atoms with E-state index in [4.69, 9.17) is 10.7 Å². The van der Waals surface area contributed by atoms with Crippen molar-refractivity contribution in [3.05, 3.63) is 83.8 Å². The lowest BCUT2D eigenvalue weighted by molar-refractivity contribution is 1.09. The van der Waals surface area contributed by atoms with Crippen molar-refractivity contribution in [1.82, 2.24) is 15.0 Å². The number of hydrogen-bond acceptors (Lipinski definition) is 5. The quantitative estimate of drug-likeness (QED) is 0.392. The smallest absolute Gasteiger partial charge is 0.144 e. The van der Waals surface area contributed by atoms with Crippen LogP contribution in [0.5, 0.6) is 0 Å². The fraction of sp³-hybridized carbons (Fsp3) is 0.0800. The first-order valence-corrected chi connectivity index (χ1v) is 10.8. The Labute approximate surface area is 177 Å². The molecule has 0 radical (unpaired) electrons. The molecule has 0 unspecified atom stereocenters. The highest BCUT2D eigenvalue weighted by atomic mass is 32.1. The molecular formula is C25H18N4S. The number of thiophene rings is 1. The van der Waals surface area contributed by atoms with Crippen molar-refractivity contribution < 1.29 is 0 Å². The van der Waals surface area contributed by atoms with Crippen LogP contribution in [0.4, 0.5) is 5.82 Å². The fourth-order valence-electron chi connectivity index (χ4n) is 4.36. The van der Waals surface area contributed by atoms with Crippen LogP contribution in [0.3, 0.4) is 0 Å². The van der Waals surface area contributed by atoms with E-state index in [1.807, 2.05) is 6.07 Å². The number of hydrogen-bond donors (Lipinski definition) is 1. The highest BCUT2D eigenvalue weighted by Gasteiger charge is 2.27. The zero-order valence-electron chi connectivity index (χ0n) is 16.2. The molecule has 2 N–H and O–H groups in total. The van der Waals surface area contributed by atoms with Crippen LogP contribution in [0.15, 0.2) is 67.0 Å². The Morgan fingerprint density at radius 1 is 0.900 bits per heavy atom. The van der Waals surface area contributed by atoms with Gasteiger partial charge in [0.15, 0.2) is 0 Å². The predicted molar refractivity (Wildman–Crippen MR) is 125 cm³/mol. The Kier molecular flexibility index (Phi) is 3.89. The number of pyridine rings is 1. The first kappa shape index (κ1) is 17.3. The molecule has 1 aliphatic carbocycles. The van der Waals surface area contributed by atoms with E-state index in [-0.39, 0.29) is 0 Å². The monoisotopic (exact) mass is 406 g/mol. The van der Waals surface area contributed by atoms with Crippen molar-refractivity contribution in [2.24, 2.45) is 0 Å². The third-order valence-corrected chi connectivity index (χ3v) is 6.78. The van der Waals surface area contributed by atoms with Gasteiger partial charge in [-0.25, -0.2) is 15.0 Å². The van der Waals surface area contributed by atoms with Gasteiger partial charge in [0, 0.05) is 5.39 Å². The highest BCUT2D eigenvalue weighted by molar-refractivity contribution is 7.26. The summed E-state index contributed by atoms with van der Waals surface area (Å²) < 4.78 is 0.912. The number of nitrogens with zero attached hydrogens (tertiary/aromatic N) is 3. The molecule has 0 aliphatic heterocycles. The maximum Gasteiger partial charge on any atom is 0.144 e. The van der Waals surface area contributed by atoms with Crippen LogP contribution in [0, 0.1) is 0 Å². The van der Waals surface area contributed by atoms with Gasteiger partial charge in [-0.1, -0.05) is 60.7 Å². The third-order valence-electron chi connectivity index (χ3n) is 5.68. The van der Waals surface area contributed by atoms with Crippen LogP contribution in [0.25, 0.3) is 43.2 Å². The van der Waals surface area contributed by atoms with Crippen LogP contribution in [0.2, 0.25) is 0 Å². The Hall–Kier alpha value is -3.57. The number of allylic oxidation sites excluding steroid dienone is 1. The number of anilines is 1. The summed E-state index contributed by atoms with van der Waals surface area (Å²) in [6.07, 6.45) is 5.77. The Balaban J connectivity index is 1.70. The van der Waals surface area contributed by atoms with E-state index < -0.39 is 0 Å². The van der Waals surface area contributed by atoms with Gasteiger partial charge in [0.25, 0.3) is 0 Å². The van der Waals surface area contributed by atoms with E-state index in [9.17, 15) is 0 Å². The molecule has 3 heterocycles. The Morgan fingerprint density at radius 3 is 2.47 bits per heavy atom. The Bertz CT molecular complexity index is 1440. The number of rotatable bonds is 2. The van der Waals surface area contributed by atoms with Crippen LogP contribution >= 0.6 is 11.3 Å². The van der Waals surface area contributed by atoms with Gasteiger partial charge in [-0.2, -0.15) is 0 Å². The zero-order chi connectivity index (χ0) is 20.1. The molecule has 4 nitrogen and oxygen atoms in total. The molecule has 6 rings (SSSR count). The van der Waals surface area contributed by atoms with Gasteiger partial charge in [0.1, 0.15) is 17.0 Å². The van der Waals surface area contributed by atoms with Gasteiger partial charge in [0.05, 0.1) is 15.9 Å². The van der Waals surface area contributed by atoms with Gasteiger partial charge in [-0.05, 0) is 46.7 Å². The van der Waals surface area contributed by atoms with Gasteiger partial charge in [0.2, 0.25) is 0 Å². The molecule has 0 atom stereocenters. The molecule has 0 spiro atoms. The van der Waals surface area contributed by atoms with Gasteiger partial charge >= 0.3 is 0 Å². The lowest BCUT2D eigenvalue weighted by Crippen LogP contribution is -1.94. The highest BCUT2D eigenvalue weighted by Crippen LogP contribution is 2.46. The normalized spacial score (nSPS) is 14.6. The summed E-state index contributed by atoms with van der Waals surface area (Å²) in [6, 6.07) is 21.0. The van der Waals surface area contributed by atoms with Crippen LogP contribution in [0.1, 0.15) is 23.2 Å². The van der Waals surface area contributed by atoms with Crippen molar-refractivity contribution in [2.45, 2.75) is 12.8 Å². The molecule has 1 aliphatic rings. The summed E-state index contributed by atoms with van der Waals surface area (Å²) in [5, 5.41) is 1.09. The second kappa shape index (κ2) is 6.75. The van der Waals surface area contributed by atoms with Crippen molar-refractivity contribution in [2.75, 3.05) is 5.73 Å². The van der Waals surface area contributed by atoms with E-state index in [2.05, 4.69) is 70.6 Å². The molecule has 5 heteroatoms. The summed E-state index contributed by atoms with van der Waals surface area (Å²) in [7, 11) is 0. The summed E-state index contributed by atoms with van der Waals surface area (Å²) in [5.74, 6) is 0.516. The second-order valence-electron chi connectivity index (χ2n) is 7.48. The molecule has 3 aromatic heterocycles. The van der Waals surface area contributed by atoms with Crippen molar-refractivity contribution in [3.8, 4) is 11.1 Å². The van der Waals surface area contributed by atoms with Crippen molar-refractivity contribution in [3.63, 3.8) is 0 Å².